The summed E-state index contributed by atoms with van der Waals surface area (Å²) in [4.78, 5) is 0.656. The van der Waals surface area contributed by atoms with Gasteiger partial charge in [-0.15, -0.1) is 11.8 Å². The second-order valence-corrected chi connectivity index (χ2v) is 4.05. The lowest BCUT2D eigenvalue weighted by Gasteiger charge is -2.04. The fourth-order valence-electron chi connectivity index (χ4n) is 0.901. The molecular weight excluding hydrogens is 187 g/mol. The Labute approximate surface area is 82.0 Å². The van der Waals surface area contributed by atoms with Crippen LogP contribution in [0.25, 0.3) is 0 Å². The number of halogens is 1. The van der Waals surface area contributed by atoms with Crippen molar-refractivity contribution in [3.63, 3.8) is 0 Å². The van der Waals surface area contributed by atoms with Crippen molar-refractivity contribution in [3.8, 4) is 0 Å². The van der Waals surface area contributed by atoms with Gasteiger partial charge in [0.05, 0.1) is 6.10 Å². The molecule has 1 atom stereocenters. The summed E-state index contributed by atoms with van der Waals surface area (Å²) in [6.07, 6.45) is 0.387. The number of hydrogen-bond acceptors (Lipinski definition) is 2. The molecule has 1 aromatic carbocycles. The average Bonchev–Trinajstić information content (AvgIpc) is 2.08. The van der Waals surface area contributed by atoms with E-state index < -0.39 is 0 Å². The van der Waals surface area contributed by atoms with E-state index in [0.29, 0.717) is 11.3 Å². The minimum atomic E-state index is -0.306. The molecule has 1 nitrogen and oxygen atoms in total. The Kier molecular flexibility index (Phi) is 4.25. The van der Waals surface area contributed by atoms with Crippen LogP contribution in [0.5, 0.6) is 0 Å². The number of aliphatic hydroxyl groups excluding tert-OH is 1. The second kappa shape index (κ2) is 5.25. The summed E-state index contributed by atoms with van der Waals surface area (Å²) >= 11 is 1.44. The molecule has 0 aliphatic rings. The van der Waals surface area contributed by atoms with Crippen molar-refractivity contribution in [3.05, 3.63) is 30.1 Å². The van der Waals surface area contributed by atoms with Gasteiger partial charge in [0.1, 0.15) is 5.82 Å². The van der Waals surface area contributed by atoms with Gasteiger partial charge in [0.15, 0.2) is 0 Å². The molecule has 3 heteroatoms. The van der Waals surface area contributed by atoms with E-state index in [2.05, 4.69) is 0 Å². The maximum absolute atomic E-state index is 13.0. The summed E-state index contributed by atoms with van der Waals surface area (Å²) in [5, 5.41) is 8.99. The largest absolute Gasteiger partial charge is 0.393 e. The number of aliphatic hydroxyl groups is 1. The Morgan fingerprint density at radius 1 is 1.46 bits per heavy atom. The molecule has 0 saturated carbocycles. The van der Waals surface area contributed by atoms with Crippen LogP contribution >= 0.6 is 11.8 Å². The second-order valence-electron chi connectivity index (χ2n) is 2.92. The van der Waals surface area contributed by atoms with Crippen LogP contribution in [0.1, 0.15) is 13.3 Å². The van der Waals surface area contributed by atoms with Gasteiger partial charge in [-0.3, -0.25) is 0 Å². The normalized spacial score (nSPS) is 12.8. The quantitative estimate of drug-likeness (QED) is 0.754. The molecular formula is C10H13FOS. The first-order valence-corrected chi connectivity index (χ1v) is 5.24. The lowest BCUT2D eigenvalue weighted by molar-refractivity contribution is 0.192. The molecule has 1 aromatic rings. The summed E-state index contributed by atoms with van der Waals surface area (Å²) in [5.41, 5.74) is 0. The topological polar surface area (TPSA) is 20.2 Å². The molecule has 72 valence electrons. The van der Waals surface area contributed by atoms with Crippen molar-refractivity contribution < 1.29 is 9.50 Å². The SMILES string of the molecule is CC(O)CCSc1ccccc1F. The van der Waals surface area contributed by atoms with Crippen LogP contribution in [0.4, 0.5) is 4.39 Å². The van der Waals surface area contributed by atoms with Crippen LogP contribution < -0.4 is 0 Å². The predicted molar refractivity (Wildman–Crippen MR) is 53.4 cm³/mol. The van der Waals surface area contributed by atoms with Crippen molar-refractivity contribution >= 4 is 11.8 Å². The summed E-state index contributed by atoms with van der Waals surface area (Å²) in [7, 11) is 0. The Hall–Kier alpha value is -0.540. The minimum Gasteiger partial charge on any atom is -0.393 e. The van der Waals surface area contributed by atoms with Crippen molar-refractivity contribution in [2.75, 3.05) is 5.75 Å². The fraction of sp³-hybridized carbons (Fsp3) is 0.400. The zero-order valence-corrected chi connectivity index (χ0v) is 8.35. The van der Waals surface area contributed by atoms with Gasteiger partial charge in [-0.2, -0.15) is 0 Å². The third kappa shape index (κ3) is 3.79. The number of thioether (sulfide) groups is 1. The molecule has 1 unspecified atom stereocenters. The monoisotopic (exact) mass is 200 g/mol. The predicted octanol–water partition coefficient (Wildman–Crippen LogP) is 2.69. The Balaban J connectivity index is 2.41. The van der Waals surface area contributed by atoms with Gasteiger partial charge in [-0.05, 0) is 25.5 Å². The smallest absolute Gasteiger partial charge is 0.136 e. The Bertz CT molecular complexity index is 263. The van der Waals surface area contributed by atoms with Crippen molar-refractivity contribution in [1.82, 2.24) is 0 Å². The van der Waals surface area contributed by atoms with Crippen LogP contribution in [0.2, 0.25) is 0 Å². The highest BCUT2D eigenvalue weighted by atomic mass is 32.2. The van der Waals surface area contributed by atoms with Crippen LogP contribution in [0.15, 0.2) is 29.2 Å². The van der Waals surface area contributed by atoms with Crippen LogP contribution in [-0.2, 0) is 0 Å². The van der Waals surface area contributed by atoms with E-state index in [4.69, 9.17) is 5.11 Å². The highest BCUT2D eigenvalue weighted by Gasteiger charge is 2.01. The molecule has 13 heavy (non-hydrogen) atoms. The van der Waals surface area contributed by atoms with Crippen molar-refractivity contribution in [2.45, 2.75) is 24.3 Å². The van der Waals surface area contributed by atoms with Gasteiger partial charge in [0, 0.05) is 10.6 Å². The first kappa shape index (κ1) is 10.5. The van der Waals surface area contributed by atoms with Gasteiger partial charge in [0.25, 0.3) is 0 Å². The molecule has 0 spiro atoms. The standard InChI is InChI=1S/C10H13FOS/c1-8(12)6-7-13-10-5-3-2-4-9(10)11/h2-5,8,12H,6-7H2,1H3. The Morgan fingerprint density at radius 2 is 2.15 bits per heavy atom. The van der Waals surface area contributed by atoms with E-state index in [0.717, 1.165) is 5.75 Å². The fourth-order valence-corrected chi connectivity index (χ4v) is 1.96. The van der Waals surface area contributed by atoms with Gasteiger partial charge in [-0.1, -0.05) is 12.1 Å². The lowest BCUT2D eigenvalue weighted by atomic mass is 10.3. The van der Waals surface area contributed by atoms with Crippen molar-refractivity contribution in [2.24, 2.45) is 0 Å². The van der Waals surface area contributed by atoms with E-state index in [-0.39, 0.29) is 11.9 Å². The van der Waals surface area contributed by atoms with Gasteiger partial charge < -0.3 is 5.11 Å². The third-order valence-electron chi connectivity index (χ3n) is 1.63. The van der Waals surface area contributed by atoms with Crippen LogP contribution in [-0.4, -0.2) is 17.0 Å². The molecule has 0 amide bonds. The number of benzene rings is 1. The molecule has 0 bridgehead atoms. The first-order valence-electron chi connectivity index (χ1n) is 4.25. The first-order chi connectivity index (χ1) is 6.20. The molecule has 0 heterocycles. The number of rotatable bonds is 4. The molecule has 0 aliphatic heterocycles. The highest BCUT2D eigenvalue weighted by molar-refractivity contribution is 7.99. The van der Waals surface area contributed by atoms with Crippen molar-refractivity contribution in [1.29, 1.82) is 0 Å². The van der Waals surface area contributed by atoms with E-state index in [1.165, 1.54) is 17.8 Å². The average molecular weight is 200 g/mol. The van der Waals surface area contributed by atoms with Crippen LogP contribution in [0.3, 0.4) is 0 Å². The zero-order chi connectivity index (χ0) is 9.68. The molecule has 1 rings (SSSR count). The molecule has 1 N–H and O–H groups in total. The zero-order valence-electron chi connectivity index (χ0n) is 7.53. The third-order valence-corrected chi connectivity index (χ3v) is 2.71. The summed E-state index contributed by atoms with van der Waals surface area (Å²) in [6.45, 7) is 1.74. The van der Waals surface area contributed by atoms with Gasteiger partial charge in [-0.25, -0.2) is 4.39 Å². The number of hydrogen-bond donors (Lipinski definition) is 1. The molecule has 0 aromatic heterocycles. The minimum absolute atomic E-state index is 0.182. The summed E-state index contributed by atoms with van der Waals surface area (Å²) in [5.74, 6) is 0.566. The maximum Gasteiger partial charge on any atom is 0.136 e. The van der Waals surface area contributed by atoms with Gasteiger partial charge >= 0.3 is 0 Å². The van der Waals surface area contributed by atoms with Gasteiger partial charge in [0.2, 0.25) is 0 Å². The van der Waals surface area contributed by atoms with E-state index in [1.54, 1.807) is 19.1 Å². The summed E-state index contributed by atoms with van der Waals surface area (Å²) in [6, 6.07) is 6.69. The van der Waals surface area contributed by atoms with E-state index in [1.807, 2.05) is 6.07 Å². The molecule has 0 fully saturated rings. The molecule has 0 saturated heterocycles. The molecule has 0 aliphatic carbocycles. The lowest BCUT2D eigenvalue weighted by Crippen LogP contribution is -2.00. The molecule has 0 radical (unpaired) electrons. The van der Waals surface area contributed by atoms with E-state index >= 15 is 0 Å². The Morgan fingerprint density at radius 3 is 2.77 bits per heavy atom. The highest BCUT2D eigenvalue weighted by Crippen LogP contribution is 2.21. The van der Waals surface area contributed by atoms with Crippen LogP contribution in [0, 0.1) is 5.82 Å². The summed E-state index contributed by atoms with van der Waals surface area (Å²) < 4.78 is 13.0. The maximum atomic E-state index is 13.0. The van der Waals surface area contributed by atoms with E-state index in [9.17, 15) is 4.39 Å².